The molecule has 2 atom stereocenters. The van der Waals surface area contributed by atoms with Gasteiger partial charge in [0.1, 0.15) is 25.3 Å². The molecule has 1 aromatic rings. The predicted octanol–water partition coefficient (Wildman–Crippen LogP) is -0.233. The zero-order chi connectivity index (χ0) is 46.9. The largest absolute Gasteiger partial charge is 0.392 e. The molecule has 364 valence electrons. The highest BCUT2D eigenvalue weighted by molar-refractivity contribution is 5.98. The molecular weight excluding hydrogens is 846 g/mol. The third-order valence-corrected chi connectivity index (χ3v) is 8.31. The van der Waals surface area contributed by atoms with E-state index in [4.69, 9.17) is 53.9 Å². The number of benzene rings is 1. The molecule has 0 aliphatic heterocycles. The van der Waals surface area contributed by atoms with Gasteiger partial charge in [0.15, 0.2) is 0 Å². The van der Waals surface area contributed by atoms with Gasteiger partial charge in [0.05, 0.1) is 112 Å². The molecule has 1 aromatic carbocycles. The number of primary amides is 1. The maximum Gasteiger partial charge on any atom is 0.312 e. The Bertz CT molecular complexity index is 1460. The Kier molecular flexibility index (Phi) is 35.7. The van der Waals surface area contributed by atoms with Gasteiger partial charge in [-0.05, 0) is 42.0 Å². The summed E-state index contributed by atoms with van der Waals surface area (Å²) in [6.45, 7) is 9.49. The number of anilines is 1. The molecule has 0 fully saturated rings. The van der Waals surface area contributed by atoms with E-state index in [9.17, 15) is 29.1 Å². The lowest BCUT2D eigenvalue weighted by Crippen LogP contribution is -2.55. The van der Waals surface area contributed by atoms with Crippen LogP contribution in [0.1, 0.15) is 32.3 Å². The highest BCUT2D eigenvalue weighted by atomic mass is 16.6. The van der Waals surface area contributed by atoms with Crippen molar-refractivity contribution in [2.24, 2.45) is 16.8 Å². The maximum absolute atomic E-state index is 13.3. The minimum absolute atomic E-state index is 0.148. The van der Waals surface area contributed by atoms with Crippen molar-refractivity contribution in [3.05, 3.63) is 40.3 Å². The third kappa shape index (κ3) is 32.9. The van der Waals surface area contributed by atoms with Crippen molar-refractivity contribution in [1.82, 2.24) is 21.3 Å². The fourth-order valence-corrected chi connectivity index (χ4v) is 5.06. The van der Waals surface area contributed by atoms with Crippen molar-refractivity contribution in [1.29, 1.82) is 0 Å². The number of nitrogens with zero attached hydrogens (tertiary/aromatic N) is 3. The zero-order valence-electron chi connectivity index (χ0n) is 37.1. The molecule has 6 amide bonds. The Morgan fingerprint density at radius 1 is 0.641 bits per heavy atom. The number of hydrogen-bond acceptors (Lipinski definition) is 16. The van der Waals surface area contributed by atoms with E-state index in [-0.39, 0.29) is 38.6 Å². The van der Waals surface area contributed by atoms with E-state index in [2.05, 4.69) is 36.6 Å². The van der Waals surface area contributed by atoms with Crippen molar-refractivity contribution in [3.8, 4) is 0 Å². The fourth-order valence-electron chi connectivity index (χ4n) is 5.06. The van der Waals surface area contributed by atoms with E-state index in [1.54, 1.807) is 38.1 Å². The van der Waals surface area contributed by atoms with Crippen LogP contribution in [0.15, 0.2) is 29.4 Å². The molecule has 0 heterocycles. The summed E-state index contributed by atoms with van der Waals surface area (Å²) < 4.78 is 48.5. The first-order chi connectivity index (χ1) is 31.1. The Labute approximate surface area is 374 Å². The zero-order valence-corrected chi connectivity index (χ0v) is 37.1. The summed E-state index contributed by atoms with van der Waals surface area (Å²) in [6, 6.07) is 3.73. The van der Waals surface area contributed by atoms with Crippen LogP contribution in [0, 0.1) is 5.92 Å². The standard InChI is InChI=1S/C40H69N9O15/c1-31(2)37(39(54)47-34(4-3-9-44-40(41)55)38(53)46-33-7-5-32(28-50)6-8-33)48-36(52)30-64-29-35(51)43-10-12-56-14-16-58-18-20-60-22-24-62-26-27-63-25-23-61-21-19-59-17-15-57-13-11-45-49-42/h5-8,31,34,37,50H,3-4,9-30H2,1-2H3,(H,43,51)(H,46,53)(H,47,54)(H,48,52)(H3,41,44,55)/t34-,37-/m0/s1. The number of nitrogens with two attached hydrogens (primary N) is 1. The second kappa shape index (κ2) is 39.8. The van der Waals surface area contributed by atoms with E-state index in [0.29, 0.717) is 123 Å². The lowest BCUT2D eigenvalue weighted by atomic mass is 10.0. The second-order valence-corrected chi connectivity index (χ2v) is 13.8. The topological polar surface area (TPSA) is 324 Å². The fraction of sp³-hybridized carbons (Fsp3) is 0.725. The summed E-state index contributed by atoms with van der Waals surface area (Å²) in [4.78, 5) is 65.0. The van der Waals surface area contributed by atoms with Gasteiger partial charge < -0.3 is 80.1 Å². The highest BCUT2D eigenvalue weighted by Crippen LogP contribution is 2.12. The van der Waals surface area contributed by atoms with Crippen molar-refractivity contribution < 1.29 is 71.7 Å². The minimum Gasteiger partial charge on any atom is -0.392 e. The smallest absolute Gasteiger partial charge is 0.312 e. The minimum atomic E-state index is -1.03. The maximum atomic E-state index is 13.3. The molecule has 24 heteroatoms. The van der Waals surface area contributed by atoms with Gasteiger partial charge in [-0.2, -0.15) is 0 Å². The molecule has 0 bridgehead atoms. The Morgan fingerprint density at radius 3 is 1.59 bits per heavy atom. The molecule has 8 N–H and O–H groups in total. The van der Waals surface area contributed by atoms with Crippen LogP contribution in [0.2, 0.25) is 0 Å². The molecule has 0 unspecified atom stereocenters. The molecule has 0 radical (unpaired) electrons. The molecule has 0 saturated heterocycles. The number of nitrogens with one attached hydrogen (secondary N) is 5. The summed E-state index contributed by atoms with van der Waals surface area (Å²) in [7, 11) is 0. The normalized spacial score (nSPS) is 11.9. The summed E-state index contributed by atoms with van der Waals surface area (Å²) >= 11 is 0. The summed E-state index contributed by atoms with van der Waals surface area (Å²) in [5.74, 6) is -2.61. The number of ether oxygens (including phenoxy) is 9. The van der Waals surface area contributed by atoms with Crippen LogP contribution in [0.25, 0.3) is 10.4 Å². The summed E-state index contributed by atoms with van der Waals surface area (Å²) in [6.07, 6.45) is 0.462. The van der Waals surface area contributed by atoms with E-state index < -0.39 is 55.0 Å². The van der Waals surface area contributed by atoms with Gasteiger partial charge in [-0.15, -0.1) is 0 Å². The Morgan fingerprint density at radius 2 is 1.12 bits per heavy atom. The van der Waals surface area contributed by atoms with Gasteiger partial charge in [-0.25, -0.2) is 4.79 Å². The van der Waals surface area contributed by atoms with Crippen LogP contribution < -0.4 is 32.3 Å². The molecule has 1 rings (SSSR count). The quantitative estimate of drug-likeness (QED) is 0.0193. The second-order valence-electron chi connectivity index (χ2n) is 13.8. The van der Waals surface area contributed by atoms with Crippen LogP contribution >= 0.6 is 0 Å². The molecule has 0 spiro atoms. The van der Waals surface area contributed by atoms with Crippen LogP contribution in [-0.4, -0.2) is 185 Å². The van der Waals surface area contributed by atoms with Crippen molar-refractivity contribution in [2.75, 3.05) is 144 Å². The number of azide groups is 1. The summed E-state index contributed by atoms with van der Waals surface area (Å²) in [5.41, 5.74) is 14.4. The van der Waals surface area contributed by atoms with Crippen LogP contribution in [0.3, 0.4) is 0 Å². The average Bonchev–Trinajstić information content (AvgIpc) is 3.27. The van der Waals surface area contributed by atoms with Gasteiger partial charge in [0.25, 0.3) is 0 Å². The van der Waals surface area contributed by atoms with Gasteiger partial charge in [-0.3, -0.25) is 19.2 Å². The average molecular weight is 916 g/mol. The SMILES string of the molecule is CC(C)[C@H](NC(=O)COCC(=O)NCCOCCOCCOCCOCCOCCOCCOCCOCCN=[N+]=[N-])C(=O)N[C@@H](CCCNC(N)=O)C(=O)Nc1ccc(CO)cc1. The Hall–Kier alpha value is -4.72. The lowest BCUT2D eigenvalue weighted by molar-refractivity contribution is -0.135. The van der Waals surface area contributed by atoms with Gasteiger partial charge in [0.2, 0.25) is 23.6 Å². The molecule has 0 aliphatic carbocycles. The van der Waals surface area contributed by atoms with E-state index >= 15 is 0 Å². The molecule has 0 aromatic heterocycles. The number of carbonyl (C=O) groups excluding carboxylic acids is 5. The predicted molar refractivity (Wildman–Crippen MR) is 231 cm³/mol. The number of carbonyl (C=O) groups is 5. The first-order valence-corrected chi connectivity index (χ1v) is 21.2. The van der Waals surface area contributed by atoms with E-state index in [0.717, 1.165) is 0 Å². The number of aliphatic hydroxyl groups excluding tert-OH is 1. The Balaban J connectivity index is 2.09. The number of urea groups is 1. The van der Waals surface area contributed by atoms with Gasteiger partial charge in [-0.1, -0.05) is 31.1 Å². The summed E-state index contributed by atoms with van der Waals surface area (Å²) in [5, 5.41) is 25.7. The number of amides is 6. The molecule has 0 aliphatic rings. The highest BCUT2D eigenvalue weighted by Gasteiger charge is 2.29. The first kappa shape index (κ1) is 57.3. The monoisotopic (exact) mass is 915 g/mol. The van der Waals surface area contributed by atoms with Crippen molar-refractivity contribution in [2.45, 2.75) is 45.4 Å². The molecule has 64 heavy (non-hydrogen) atoms. The number of aliphatic hydroxyl groups is 1. The number of hydrogen-bond donors (Lipinski definition) is 7. The van der Waals surface area contributed by atoms with Gasteiger partial charge in [0, 0.05) is 30.2 Å². The molecule has 24 nitrogen and oxygen atoms in total. The van der Waals surface area contributed by atoms with Crippen LogP contribution in [-0.2, 0) is 68.4 Å². The van der Waals surface area contributed by atoms with E-state index in [1.807, 2.05) is 0 Å². The van der Waals surface area contributed by atoms with Crippen LogP contribution in [0.5, 0.6) is 0 Å². The number of rotatable bonds is 42. The first-order valence-electron chi connectivity index (χ1n) is 21.2. The van der Waals surface area contributed by atoms with Crippen molar-refractivity contribution in [3.63, 3.8) is 0 Å². The van der Waals surface area contributed by atoms with Gasteiger partial charge >= 0.3 is 6.03 Å². The third-order valence-electron chi connectivity index (χ3n) is 8.31. The van der Waals surface area contributed by atoms with E-state index in [1.165, 1.54) is 0 Å². The van der Waals surface area contributed by atoms with Crippen molar-refractivity contribution >= 4 is 35.3 Å². The molecule has 0 saturated carbocycles. The van der Waals surface area contributed by atoms with Crippen LogP contribution in [0.4, 0.5) is 10.5 Å². The molecular formula is C40H69N9O15. The lowest BCUT2D eigenvalue weighted by Gasteiger charge is -2.25.